The number of para-hydroxylation sites is 2. The van der Waals surface area contributed by atoms with Gasteiger partial charge in [-0.25, -0.2) is 0 Å². The number of fused-ring (bicyclic) bond motifs is 1. The zero-order chi connectivity index (χ0) is 19.2. The van der Waals surface area contributed by atoms with Crippen molar-refractivity contribution in [3.8, 4) is 0 Å². The molecule has 4 heteroatoms. The summed E-state index contributed by atoms with van der Waals surface area (Å²) in [6.07, 6.45) is 2.54. The Labute approximate surface area is 161 Å². The summed E-state index contributed by atoms with van der Waals surface area (Å²) in [5.74, 6) is 0.481. The molecule has 27 heavy (non-hydrogen) atoms. The average Bonchev–Trinajstić information content (AvgIpc) is 2.69. The normalized spacial score (nSPS) is 12.1. The van der Waals surface area contributed by atoms with Gasteiger partial charge in [-0.1, -0.05) is 50.2 Å². The topological polar surface area (TPSA) is 45.2 Å². The molecule has 3 rings (SSSR count). The van der Waals surface area contributed by atoms with E-state index in [9.17, 15) is 4.79 Å². The van der Waals surface area contributed by atoms with Crippen LogP contribution in [-0.2, 0) is 4.79 Å². The molecule has 0 aliphatic heterocycles. The maximum atomic E-state index is 13.4. The highest BCUT2D eigenvalue weighted by Gasteiger charge is 2.26. The largest absolute Gasteiger partial charge is 0.372 e. The molecule has 0 aliphatic rings. The third-order valence-corrected chi connectivity index (χ3v) is 4.62. The van der Waals surface area contributed by atoms with E-state index in [1.165, 1.54) is 0 Å². The van der Waals surface area contributed by atoms with Crippen molar-refractivity contribution in [2.75, 3.05) is 16.8 Å². The fraction of sp³-hybridized carbons (Fsp3) is 0.304. The van der Waals surface area contributed by atoms with Crippen LogP contribution < -0.4 is 10.2 Å². The lowest BCUT2D eigenvalue weighted by atomic mass is 10.0. The number of anilines is 2. The standard InChI is InChI=1S/C23H27N3O/c1-4-26(19-12-6-5-7-13-19)23(27)21(16-17(2)3)25-20-14-8-10-18-11-9-15-24-22(18)20/h5-15,17,21,25H,4,16H2,1-3H3/t21-/m0/s1. The van der Waals surface area contributed by atoms with Gasteiger partial charge < -0.3 is 10.2 Å². The van der Waals surface area contributed by atoms with Crippen LogP contribution in [0.3, 0.4) is 0 Å². The molecule has 3 aromatic rings. The first-order valence-corrected chi connectivity index (χ1v) is 9.57. The summed E-state index contributed by atoms with van der Waals surface area (Å²) in [7, 11) is 0. The summed E-state index contributed by atoms with van der Waals surface area (Å²) < 4.78 is 0. The molecule has 1 heterocycles. The Balaban J connectivity index is 1.92. The van der Waals surface area contributed by atoms with Crippen molar-refractivity contribution < 1.29 is 4.79 Å². The lowest BCUT2D eigenvalue weighted by molar-refractivity contribution is -0.119. The lowest BCUT2D eigenvalue weighted by Gasteiger charge is -2.29. The third kappa shape index (κ3) is 4.45. The number of nitrogens with one attached hydrogen (secondary N) is 1. The average molecular weight is 361 g/mol. The number of likely N-dealkylation sites (N-methyl/N-ethyl adjacent to an activating group) is 1. The molecule has 0 fully saturated rings. The van der Waals surface area contributed by atoms with Gasteiger partial charge in [0.15, 0.2) is 0 Å². The van der Waals surface area contributed by atoms with Gasteiger partial charge in [-0.05, 0) is 43.5 Å². The maximum absolute atomic E-state index is 13.4. The predicted molar refractivity (Wildman–Crippen MR) is 113 cm³/mol. The number of aromatic nitrogens is 1. The Bertz CT molecular complexity index is 887. The van der Waals surface area contributed by atoms with E-state index in [0.29, 0.717) is 12.5 Å². The van der Waals surface area contributed by atoms with E-state index < -0.39 is 0 Å². The molecule has 0 aliphatic carbocycles. The first kappa shape index (κ1) is 18.9. The Hall–Kier alpha value is -2.88. The molecule has 4 nitrogen and oxygen atoms in total. The number of benzene rings is 2. The summed E-state index contributed by atoms with van der Waals surface area (Å²) in [5.41, 5.74) is 2.72. The number of hydrogen-bond donors (Lipinski definition) is 1. The molecular weight excluding hydrogens is 334 g/mol. The Morgan fingerprint density at radius 1 is 1.04 bits per heavy atom. The van der Waals surface area contributed by atoms with Gasteiger partial charge >= 0.3 is 0 Å². The zero-order valence-corrected chi connectivity index (χ0v) is 16.2. The smallest absolute Gasteiger partial charge is 0.249 e. The number of nitrogens with zero attached hydrogens (tertiary/aromatic N) is 2. The molecule has 0 radical (unpaired) electrons. The Morgan fingerprint density at radius 3 is 2.48 bits per heavy atom. The van der Waals surface area contributed by atoms with Gasteiger partial charge in [0, 0.05) is 23.8 Å². The summed E-state index contributed by atoms with van der Waals surface area (Å²) in [6.45, 7) is 6.92. The first-order valence-electron chi connectivity index (χ1n) is 9.57. The second kappa shape index (κ2) is 8.67. The SMILES string of the molecule is CCN(C(=O)[C@H](CC(C)C)Nc1cccc2cccnc12)c1ccccc1. The van der Waals surface area contributed by atoms with Crippen molar-refractivity contribution in [3.63, 3.8) is 0 Å². The fourth-order valence-corrected chi connectivity index (χ4v) is 3.36. The number of amides is 1. The molecule has 140 valence electrons. The van der Waals surface area contributed by atoms with Crippen LogP contribution in [0.1, 0.15) is 27.2 Å². The quantitative estimate of drug-likeness (QED) is 0.636. The molecule has 0 spiro atoms. The second-order valence-corrected chi connectivity index (χ2v) is 7.13. The highest BCUT2D eigenvalue weighted by molar-refractivity contribution is 6.00. The van der Waals surface area contributed by atoms with E-state index in [-0.39, 0.29) is 11.9 Å². The van der Waals surface area contributed by atoms with Gasteiger partial charge in [-0.3, -0.25) is 9.78 Å². The molecule has 1 aromatic heterocycles. The lowest BCUT2D eigenvalue weighted by Crippen LogP contribution is -2.43. The predicted octanol–water partition coefficient (Wildman–Crippen LogP) is 5.11. The van der Waals surface area contributed by atoms with E-state index in [1.807, 2.05) is 72.5 Å². The minimum atomic E-state index is -0.308. The monoisotopic (exact) mass is 361 g/mol. The van der Waals surface area contributed by atoms with Crippen LogP contribution in [-0.4, -0.2) is 23.5 Å². The van der Waals surface area contributed by atoms with Crippen LogP contribution in [0.15, 0.2) is 66.9 Å². The molecule has 0 bridgehead atoms. The van der Waals surface area contributed by atoms with Crippen molar-refractivity contribution in [3.05, 3.63) is 66.9 Å². The maximum Gasteiger partial charge on any atom is 0.249 e. The molecule has 1 atom stereocenters. The molecule has 1 N–H and O–H groups in total. The third-order valence-electron chi connectivity index (χ3n) is 4.62. The minimum absolute atomic E-state index is 0.0883. The summed E-state index contributed by atoms with van der Waals surface area (Å²) in [4.78, 5) is 19.7. The number of rotatable bonds is 7. The first-order chi connectivity index (χ1) is 13.1. The van der Waals surface area contributed by atoms with Crippen LogP contribution in [0.4, 0.5) is 11.4 Å². The van der Waals surface area contributed by atoms with Crippen molar-refractivity contribution in [2.45, 2.75) is 33.2 Å². The summed E-state index contributed by atoms with van der Waals surface area (Å²) in [5, 5.41) is 4.55. The van der Waals surface area contributed by atoms with E-state index in [0.717, 1.165) is 28.7 Å². The van der Waals surface area contributed by atoms with Gasteiger partial charge in [0.1, 0.15) is 6.04 Å². The van der Waals surface area contributed by atoms with Crippen LogP contribution in [0, 0.1) is 5.92 Å². The van der Waals surface area contributed by atoms with Gasteiger partial charge in [0.2, 0.25) is 5.91 Å². The van der Waals surface area contributed by atoms with Crippen molar-refractivity contribution in [2.24, 2.45) is 5.92 Å². The van der Waals surface area contributed by atoms with E-state index in [2.05, 4.69) is 24.1 Å². The highest BCUT2D eigenvalue weighted by Crippen LogP contribution is 2.24. The highest BCUT2D eigenvalue weighted by atomic mass is 16.2. The molecule has 1 amide bonds. The second-order valence-electron chi connectivity index (χ2n) is 7.13. The van der Waals surface area contributed by atoms with Gasteiger partial charge in [-0.15, -0.1) is 0 Å². The molecule has 0 saturated heterocycles. The van der Waals surface area contributed by atoms with Crippen LogP contribution in [0.2, 0.25) is 0 Å². The zero-order valence-electron chi connectivity index (χ0n) is 16.2. The number of carbonyl (C=O) groups excluding carboxylic acids is 1. The summed E-state index contributed by atoms with van der Waals surface area (Å²) >= 11 is 0. The van der Waals surface area contributed by atoms with Crippen molar-refractivity contribution >= 4 is 28.2 Å². The van der Waals surface area contributed by atoms with E-state index in [1.54, 1.807) is 6.20 Å². The number of carbonyl (C=O) groups is 1. The summed E-state index contributed by atoms with van der Waals surface area (Å²) in [6, 6.07) is 19.5. The number of pyridine rings is 1. The van der Waals surface area contributed by atoms with E-state index in [4.69, 9.17) is 0 Å². The Morgan fingerprint density at radius 2 is 1.78 bits per heavy atom. The molecular formula is C23H27N3O. The minimum Gasteiger partial charge on any atom is -0.372 e. The van der Waals surface area contributed by atoms with Gasteiger partial charge in [-0.2, -0.15) is 0 Å². The molecule has 0 saturated carbocycles. The van der Waals surface area contributed by atoms with Crippen LogP contribution in [0.5, 0.6) is 0 Å². The van der Waals surface area contributed by atoms with Gasteiger partial charge in [0.05, 0.1) is 11.2 Å². The fourth-order valence-electron chi connectivity index (χ4n) is 3.36. The van der Waals surface area contributed by atoms with Crippen molar-refractivity contribution in [1.82, 2.24) is 4.98 Å². The number of hydrogen-bond acceptors (Lipinski definition) is 3. The van der Waals surface area contributed by atoms with Crippen LogP contribution in [0.25, 0.3) is 10.9 Å². The van der Waals surface area contributed by atoms with E-state index >= 15 is 0 Å². The molecule has 2 aromatic carbocycles. The molecule has 0 unspecified atom stereocenters. The van der Waals surface area contributed by atoms with Crippen molar-refractivity contribution in [1.29, 1.82) is 0 Å². The van der Waals surface area contributed by atoms with Crippen LogP contribution >= 0.6 is 0 Å². The Kier molecular flexibility index (Phi) is 6.07. The van der Waals surface area contributed by atoms with Gasteiger partial charge in [0.25, 0.3) is 0 Å².